The van der Waals surface area contributed by atoms with Crippen LogP contribution in [0.25, 0.3) is 0 Å². The molecule has 19 heavy (non-hydrogen) atoms. The maximum Gasteiger partial charge on any atom is 0.0101 e. The Morgan fingerprint density at radius 1 is 1.05 bits per heavy atom. The smallest absolute Gasteiger partial charge is 0.0101 e. The predicted octanol–water partition coefficient (Wildman–Crippen LogP) is 6.08. The molecule has 1 atom stereocenters. The zero-order valence-electron chi connectivity index (χ0n) is 13.0. The summed E-state index contributed by atoms with van der Waals surface area (Å²) in [5.41, 5.74) is 2.46. The SMILES string of the molecule is Cc1ccccc1SCC[C@]1(C)CCCCC1(C)C. The quantitative estimate of drug-likeness (QED) is 0.600. The minimum absolute atomic E-state index is 0.511. The molecule has 0 amide bonds. The molecule has 106 valence electrons. The summed E-state index contributed by atoms with van der Waals surface area (Å²) in [6, 6.07) is 8.76. The third-order valence-corrected chi connectivity index (χ3v) is 6.60. The molecule has 0 unspecified atom stereocenters. The van der Waals surface area contributed by atoms with E-state index in [0.29, 0.717) is 10.8 Å². The lowest BCUT2D eigenvalue weighted by atomic mass is 9.57. The summed E-state index contributed by atoms with van der Waals surface area (Å²) in [6.45, 7) is 9.69. The molecule has 1 aliphatic rings. The van der Waals surface area contributed by atoms with Crippen LogP contribution in [0, 0.1) is 17.8 Å². The molecule has 0 aromatic heterocycles. The van der Waals surface area contributed by atoms with E-state index in [0.717, 1.165) is 0 Å². The summed E-state index contributed by atoms with van der Waals surface area (Å²) in [7, 11) is 0. The summed E-state index contributed by atoms with van der Waals surface area (Å²) in [4.78, 5) is 1.46. The Labute approximate surface area is 123 Å². The van der Waals surface area contributed by atoms with E-state index in [-0.39, 0.29) is 0 Å². The van der Waals surface area contributed by atoms with Crippen LogP contribution in [0.3, 0.4) is 0 Å². The maximum absolute atomic E-state index is 2.52. The first-order valence-electron chi connectivity index (χ1n) is 7.63. The third-order valence-electron chi connectivity index (χ3n) is 5.42. The van der Waals surface area contributed by atoms with Gasteiger partial charge in [-0.25, -0.2) is 0 Å². The van der Waals surface area contributed by atoms with Crippen molar-refractivity contribution >= 4 is 11.8 Å². The van der Waals surface area contributed by atoms with Crippen molar-refractivity contribution in [3.63, 3.8) is 0 Å². The topological polar surface area (TPSA) is 0 Å². The summed E-state index contributed by atoms with van der Waals surface area (Å²) in [5.74, 6) is 1.25. The van der Waals surface area contributed by atoms with Crippen LogP contribution in [0.4, 0.5) is 0 Å². The number of thioether (sulfide) groups is 1. The van der Waals surface area contributed by atoms with Crippen molar-refractivity contribution in [2.45, 2.75) is 64.7 Å². The fourth-order valence-electron chi connectivity index (χ4n) is 3.29. The molecule has 1 fully saturated rings. The standard InChI is InChI=1S/C18H28S/c1-15-9-5-6-10-16(15)19-14-13-18(4)12-8-7-11-17(18,2)3/h5-6,9-10H,7-8,11-14H2,1-4H3/t18-/m0/s1. The van der Waals surface area contributed by atoms with Crippen LogP contribution >= 0.6 is 11.8 Å². The highest BCUT2D eigenvalue weighted by Crippen LogP contribution is 2.52. The van der Waals surface area contributed by atoms with Crippen LogP contribution in [0.1, 0.15) is 58.4 Å². The van der Waals surface area contributed by atoms with Crippen LogP contribution in [0.5, 0.6) is 0 Å². The first-order valence-corrected chi connectivity index (χ1v) is 8.62. The molecule has 0 saturated heterocycles. The molecule has 0 radical (unpaired) electrons. The highest BCUT2D eigenvalue weighted by molar-refractivity contribution is 7.99. The lowest BCUT2D eigenvalue weighted by Crippen LogP contribution is -2.38. The van der Waals surface area contributed by atoms with Gasteiger partial charge in [0, 0.05) is 4.90 Å². The van der Waals surface area contributed by atoms with Crippen LogP contribution in [-0.2, 0) is 0 Å². The van der Waals surface area contributed by atoms with E-state index >= 15 is 0 Å². The zero-order valence-corrected chi connectivity index (χ0v) is 13.8. The van der Waals surface area contributed by atoms with Crippen molar-refractivity contribution in [3.8, 4) is 0 Å². The lowest BCUT2D eigenvalue weighted by Gasteiger charge is -2.48. The van der Waals surface area contributed by atoms with E-state index in [1.165, 1.54) is 48.3 Å². The monoisotopic (exact) mass is 276 g/mol. The van der Waals surface area contributed by atoms with E-state index in [1.54, 1.807) is 0 Å². The van der Waals surface area contributed by atoms with Gasteiger partial charge in [-0.15, -0.1) is 11.8 Å². The van der Waals surface area contributed by atoms with Crippen molar-refractivity contribution in [3.05, 3.63) is 29.8 Å². The third kappa shape index (κ3) is 3.37. The molecular weight excluding hydrogens is 248 g/mol. The van der Waals surface area contributed by atoms with Crippen molar-refractivity contribution < 1.29 is 0 Å². The Hall–Kier alpha value is -0.430. The normalized spacial score (nSPS) is 26.3. The van der Waals surface area contributed by atoms with Crippen LogP contribution in [0.15, 0.2) is 29.2 Å². The van der Waals surface area contributed by atoms with Gasteiger partial charge in [0.1, 0.15) is 0 Å². The molecule has 1 aromatic rings. The molecule has 1 aromatic carbocycles. The number of aryl methyl sites for hydroxylation is 1. The van der Waals surface area contributed by atoms with Crippen molar-refractivity contribution in [2.24, 2.45) is 10.8 Å². The molecular formula is C18H28S. The predicted molar refractivity (Wildman–Crippen MR) is 86.9 cm³/mol. The van der Waals surface area contributed by atoms with Gasteiger partial charge in [-0.3, -0.25) is 0 Å². The number of hydrogen-bond donors (Lipinski definition) is 0. The molecule has 0 nitrogen and oxygen atoms in total. The van der Waals surface area contributed by atoms with Gasteiger partial charge < -0.3 is 0 Å². The van der Waals surface area contributed by atoms with E-state index in [9.17, 15) is 0 Å². The Balaban J connectivity index is 1.93. The largest absolute Gasteiger partial charge is 0.126 e. The van der Waals surface area contributed by atoms with E-state index in [2.05, 4.69) is 52.0 Å². The number of rotatable bonds is 4. The van der Waals surface area contributed by atoms with Gasteiger partial charge in [-0.2, -0.15) is 0 Å². The molecule has 0 heterocycles. The summed E-state index contributed by atoms with van der Waals surface area (Å²) < 4.78 is 0. The Kier molecular flexibility index (Phi) is 4.66. The average Bonchev–Trinajstić information content (AvgIpc) is 2.36. The van der Waals surface area contributed by atoms with Crippen LogP contribution < -0.4 is 0 Å². The van der Waals surface area contributed by atoms with Crippen LogP contribution in [0.2, 0.25) is 0 Å². The minimum atomic E-state index is 0.511. The molecule has 0 N–H and O–H groups in total. The Morgan fingerprint density at radius 3 is 2.42 bits per heavy atom. The van der Waals surface area contributed by atoms with Crippen LogP contribution in [-0.4, -0.2) is 5.75 Å². The van der Waals surface area contributed by atoms with Gasteiger partial charge in [0.15, 0.2) is 0 Å². The van der Waals surface area contributed by atoms with Gasteiger partial charge >= 0.3 is 0 Å². The van der Waals surface area contributed by atoms with E-state index < -0.39 is 0 Å². The maximum atomic E-state index is 2.52. The van der Waals surface area contributed by atoms with Gasteiger partial charge in [0.25, 0.3) is 0 Å². The highest BCUT2D eigenvalue weighted by Gasteiger charge is 2.41. The van der Waals surface area contributed by atoms with Crippen molar-refractivity contribution in [1.29, 1.82) is 0 Å². The van der Waals surface area contributed by atoms with Gasteiger partial charge in [0.05, 0.1) is 0 Å². The molecule has 1 heteroatoms. The minimum Gasteiger partial charge on any atom is -0.126 e. The van der Waals surface area contributed by atoms with Gasteiger partial charge in [0.2, 0.25) is 0 Å². The Morgan fingerprint density at radius 2 is 1.74 bits per heavy atom. The second kappa shape index (κ2) is 5.91. The second-order valence-corrected chi connectivity index (χ2v) is 8.15. The van der Waals surface area contributed by atoms with E-state index in [4.69, 9.17) is 0 Å². The molecule has 1 aliphatic carbocycles. The zero-order chi connectivity index (χ0) is 13.9. The highest BCUT2D eigenvalue weighted by atomic mass is 32.2. The molecule has 0 spiro atoms. The fraction of sp³-hybridized carbons (Fsp3) is 0.667. The number of benzene rings is 1. The summed E-state index contributed by atoms with van der Waals surface area (Å²) >= 11 is 2.04. The average molecular weight is 276 g/mol. The molecule has 2 rings (SSSR count). The first kappa shape index (κ1) is 15.0. The summed E-state index contributed by atoms with van der Waals surface area (Å²) in [6.07, 6.45) is 7.01. The van der Waals surface area contributed by atoms with Gasteiger partial charge in [-0.1, -0.05) is 51.8 Å². The first-order chi connectivity index (χ1) is 8.95. The molecule has 0 bridgehead atoms. The number of hydrogen-bond acceptors (Lipinski definition) is 1. The van der Waals surface area contributed by atoms with Crippen molar-refractivity contribution in [2.75, 3.05) is 5.75 Å². The second-order valence-electron chi connectivity index (χ2n) is 7.02. The van der Waals surface area contributed by atoms with E-state index in [1.807, 2.05) is 11.8 Å². The molecule has 0 aliphatic heterocycles. The lowest BCUT2D eigenvalue weighted by molar-refractivity contribution is 0.0307. The van der Waals surface area contributed by atoms with Crippen molar-refractivity contribution in [1.82, 2.24) is 0 Å². The van der Waals surface area contributed by atoms with Gasteiger partial charge in [-0.05, 0) is 54.4 Å². The summed E-state index contributed by atoms with van der Waals surface area (Å²) in [5, 5.41) is 0. The molecule has 1 saturated carbocycles. The fourth-order valence-corrected chi connectivity index (χ4v) is 4.53. The Bertz CT molecular complexity index is 421.